The normalized spacial score (nSPS) is 12.6. The Balaban J connectivity index is 2.90. The van der Waals surface area contributed by atoms with Gasteiger partial charge in [-0.2, -0.15) is 8.78 Å². The molecule has 1 unspecified atom stereocenters. The lowest BCUT2D eigenvalue weighted by Gasteiger charge is -2.23. The first-order chi connectivity index (χ1) is 9.36. The number of esters is 1. The maximum Gasteiger partial charge on any atom is 0.377 e. The smallest absolute Gasteiger partial charge is 0.377 e. The minimum Gasteiger partial charge on any atom is -0.462 e. The van der Waals surface area contributed by atoms with Gasteiger partial charge < -0.3 is 10.1 Å². The fourth-order valence-corrected chi connectivity index (χ4v) is 1.76. The average molecular weight is 285 g/mol. The van der Waals surface area contributed by atoms with E-state index in [-0.39, 0.29) is 6.61 Å². The lowest BCUT2D eigenvalue weighted by molar-refractivity contribution is -0.173. The maximum absolute atomic E-state index is 13.8. The summed E-state index contributed by atoms with van der Waals surface area (Å²) in [6.07, 6.45) is -0.838. The summed E-state index contributed by atoms with van der Waals surface area (Å²) in [5.41, 5.74) is 0.506. The van der Waals surface area contributed by atoms with E-state index >= 15 is 0 Å². The summed E-state index contributed by atoms with van der Waals surface area (Å²) in [4.78, 5) is 22.4. The van der Waals surface area contributed by atoms with Crippen molar-refractivity contribution in [3.63, 3.8) is 0 Å². The zero-order valence-corrected chi connectivity index (χ0v) is 11.4. The Hall–Kier alpha value is -1.98. The van der Waals surface area contributed by atoms with E-state index in [9.17, 15) is 18.4 Å². The van der Waals surface area contributed by atoms with E-state index in [4.69, 9.17) is 0 Å². The Morgan fingerprint density at radius 3 is 2.40 bits per heavy atom. The standard InChI is InChI=1S/C14H17F2NO3/c1-3-20-13(19)14(15,16)9-12(17-10(2)18)11-7-5-4-6-8-11/h4-8,12H,3,9H2,1-2H3,(H,17,18). The van der Waals surface area contributed by atoms with Crippen LogP contribution in [0.4, 0.5) is 8.78 Å². The highest BCUT2D eigenvalue weighted by Gasteiger charge is 2.43. The van der Waals surface area contributed by atoms with E-state index in [0.717, 1.165) is 0 Å². The fraction of sp³-hybridized carbons (Fsp3) is 0.429. The third-order valence-corrected chi connectivity index (χ3v) is 2.61. The predicted octanol–water partition coefficient (Wildman–Crippen LogP) is 2.45. The average Bonchev–Trinajstić information content (AvgIpc) is 2.38. The van der Waals surface area contributed by atoms with Gasteiger partial charge in [-0.1, -0.05) is 30.3 Å². The van der Waals surface area contributed by atoms with Crippen LogP contribution in [0, 0.1) is 0 Å². The highest BCUT2D eigenvalue weighted by Crippen LogP contribution is 2.29. The topological polar surface area (TPSA) is 55.4 Å². The number of nitrogens with one attached hydrogen (secondary N) is 1. The molecule has 0 fully saturated rings. The van der Waals surface area contributed by atoms with Gasteiger partial charge in [0.1, 0.15) is 0 Å². The summed E-state index contributed by atoms with van der Waals surface area (Å²) >= 11 is 0. The van der Waals surface area contributed by atoms with Gasteiger partial charge in [0.05, 0.1) is 12.6 Å². The number of amides is 1. The van der Waals surface area contributed by atoms with E-state index in [1.807, 2.05) is 0 Å². The van der Waals surface area contributed by atoms with Gasteiger partial charge in [-0.3, -0.25) is 4.79 Å². The summed E-state index contributed by atoms with van der Waals surface area (Å²) in [6, 6.07) is 7.36. The van der Waals surface area contributed by atoms with Crippen molar-refractivity contribution >= 4 is 11.9 Å². The summed E-state index contributed by atoms with van der Waals surface area (Å²) in [7, 11) is 0. The van der Waals surface area contributed by atoms with Crippen LogP contribution in [-0.2, 0) is 14.3 Å². The molecule has 0 aromatic heterocycles. The Morgan fingerprint density at radius 2 is 1.90 bits per heavy atom. The quantitative estimate of drug-likeness (QED) is 0.817. The highest BCUT2D eigenvalue weighted by atomic mass is 19.3. The minimum absolute atomic E-state index is 0.120. The van der Waals surface area contributed by atoms with Gasteiger partial charge in [0, 0.05) is 13.3 Å². The molecule has 0 radical (unpaired) electrons. The second-order valence-electron chi connectivity index (χ2n) is 4.29. The first kappa shape index (κ1) is 16.1. The van der Waals surface area contributed by atoms with Gasteiger partial charge in [0.2, 0.25) is 5.91 Å². The van der Waals surface area contributed by atoms with Crippen LogP contribution in [0.15, 0.2) is 30.3 Å². The molecule has 0 spiro atoms. The Labute approximate surface area is 116 Å². The van der Waals surface area contributed by atoms with E-state index in [1.165, 1.54) is 13.8 Å². The van der Waals surface area contributed by atoms with Crippen molar-refractivity contribution in [2.45, 2.75) is 32.2 Å². The molecule has 0 bridgehead atoms. The maximum atomic E-state index is 13.8. The Morgan fingerprint density at radius 1 is 1.30 bits per heavy atom. The van der Waals surface area contributed by atoms with Crippen LogP contribution in [0.5, 0.6) is 0 Å². The van der Waals surface area contributed by atoms with E-state index < -0.39 is 30.3 Å². The van der Waals surface area contributed by atoms with Crippen molar-refractivity contribution in [1.29, 1.82) is 0 Å². The zero-order chi connectivity index (χ0) is 15.2. The Bertz CT molecular complexity index is 463. The molecule has 0 aliphatic heterocycles. The lowest BCUT2D eigenvalue weighted by atomic mass is 10.00. The predicted molar refractivity (Wildman–Crippen MR) is 69.2 cm³/mol. The van der Waals surface area contributed by atoms with E-state index in [2.05, 4.69) is 10.1 Å². The van der Waals surface area contributed by atoms with Crippen molar-refractivity contribution in [2.24, 2.45) is 0 Å². The number of halogens is 2. The number of carbonyl (C=O) groups is 2. The molecule has 0 aliphatic carbocycles. The third kappa shape index (κ3) is 4.60. The number of alkyl halides is 2. The summed E-state index contributed by atoms with van der Waals surface area (Å²) in [5.74, 6) is -5.68. The van der Waals surface area contributed by atoms with Crippen molar-refractivity contribution in [3.8, 4) is 0 Å². The van der Waals surface area contributed by atoms with Crippen LogP contribution in [0.2, 0.25) is 0 Å². The molecule has 1 aromatic rings. The Kier molecular flexibility index (Phi) is 5.61. The molecule has 1 N–H and O–H groups in total. The second kappa shape index (κ2) is 6.98. The van der Waals surface area contributed by atoms with Crippen LogP contribution in [0.25, 0.3) is 0 Å². The first-order valence-corrected chi connectivity index (χ1v) is 6.24. The molecule has 1 atom stereocenters. The number of carbonyl (C=O) groups excluding carboxylic acids is 2. The van der Waals surface area contributed by atoms with Crippen LogP contribution >= 0.6 is 0 Å². The minimum atomic E-state index is -3.65. The van der Waals surface area contributed by atoms with Crippen LogP contribution in [-0.4, -0.2) is 24.4 Å². The summed E-state index contributed by atoms with van der Waals surface area (Å²) in [5, 5.41) is 2.42. The molecular formula is C14H17F2NO3. The lowest BCUT2D eigenvalue weighted by Crippen LogP contribution is -2.37. The second-order valence-corrected chi connectivity index (χ2v) is 4.29. The third-order valence-electron chi connectivity index (χ3n) is 2.61. The number of hydrogen-bond acceptors (Lipinski definition) is 3. The van der Waals surface area contributed by atoms with Gasteiger partial charge in [-0.05, 0) is 12.5 Å². The number of benzene rings is 1. The first-order valence-electron chi connectivity index (χ1n) is 6.24. The van der Waals surface area contributed by atoms with Crippen molar-refractivity contribution in [1.82, 2.24) is 5.32 Å². The number of ether oxygens (including phenoxy) is 1. The molecule has 1 aromatic carbocycles. The molecule has 0 aliphatic rings. The molecule has 110 valence electrons. The molecule has 1 rings (SSSR count). The van der Waals surface area contributed by atoms with Crippen LogP contribution in [0.1, 0.15) is 31.9 Å². The number of rotatable bonds is 6. The van der Waals surface area contributed by atoms with Gasteiger partial charge in [0.15, 0.2) is 0 Å². The molecule has 0 heterocycles. The van der Waals surface area contributed by atoms with Gasteiger partial charge in [-0.25, -0.2) is 4.79 Å². The molecule has 1 amide bonds. The largest absolute Gasteiger partial charge is 0.462 e. The van der Waals surface area contributed by atoms with Gasteiger partial charge >= 0.3 is 11.9 Å². The van der Waals surface area contributed by atoms with Crippen molar-refractivity contribution in [2.75, 3.05) is 6.61 Å². The molecule has 20 heavy (non-hydrogen) atoms. The summed E-state index contributed by atoms with van der Waals surface area (Å²) in [6.45, 7) is 2.57. The van der Waals surface area contributed by atoms with Gasteiger partial charge in [-0.15, -0.1) is 0 Å². The zero-order valence-electron chi connectivity index (χ0n) is 11.4. The summed E-state index contributed by atoms with van der Waals surface area (Å²) < 4.78 is 31.9. The van der Waals surface area contributed by atoms with Gasteiger partial charge in [0.25, 0.3) is 0 Å². The molecule has 0 saturated carbocycles. The van der Waals surface area contributed by atoms with Crippen molar-refractivity contribution < 1.29 is 23.1 Å². The fourth-order valence-electron chi connectivity index (χ4n) is 1.76. The molecule has 0 saturated heterocycles. The molecule has 6 heteroatoms. The van der Waals surface area contributed by atoms with E-state index in [0.29, 0.717) is 5.56 Å². The number of hydrogen-bond donors (Lipinski definition) is 1. The van der Waals surface area contributed by atoms with Crippen molar-refractivity contribution in [3.05, 3.63) is 35.9 Å². The molecule has 4 nitrogen and oxygen atoms in total. The SMILES string of the molecule is CCOC(=O)C(F)(F)CC(NC(C)=O)c1ccccc1. The van der Waals surface area contributed by atoms with E-state index in [1.54, 1.807) is 30.3 Å². The van der Waals surface area contributed by atoms with Crippen LogP contribution in [0.3, 0.4) is 0 Å². The monoisotopic (exact) mass is 285 g/mol. The highest BCUT2D eigenvalue weighted by molar-refractivity contribution is 5.78. The molecular weight excluding hydrogens is 268 g/mol. The van der Waals surface area contributed by atoms with Crippen LogP contribution < -0.4 is 5.32 Å².